The molecule has 90 valence electrons. The first-order valence-electron chi connectivity index (χ1n) is 4.97. The Kier molecular flexibility index (Phi) is 4.89. The van der Waals surface area contributed by atoms with E-state index >= 15 is 0 Å². The van der Waals surface area contributed by atoms with Crippen LogP contribution < -0.4 is 4.72 Å². The molecule has 1 rings (SSSR count). The van der Waals surface area contributed by atoms with Crippen molar-refractivity contribution in [3.05, 3.63) is 28.5 Å². The van der Waals surface area contributed by atoms with E-state index in [-0.39, 0.29) is 11.7 Å². The molecule has 6 heteroatoms. The molecule has 0 spiro atoms. The molecule has 0 saturated heterocycles. The smallest absolute Gasteiger partial charge is 0.212 e. The minimum absolute atomic E-state index is 0.127. The molecule has 0 bridgehead atoms. The summed E-state index contributed by atoms with van der Waals surface area (Å²) in [6, 6.07) is 3.57. The highest BCUT2D eigenvalue weighted by atomic mass is 79.9. The summed E-state index contributed by atoms with van der Waals surface area (Å²) in [6.07, 6.45) is 1.64. The molecule has 0 aliphatic heterocycles. The molecule has 16 heavy (non-hydrogen) atoms. The van der Waals surface area contributed by atoms with Crippen molar-refractivity contribution in [3.63, 3.8) is 0 Å². The van der Waals surface area contributed by atoms with Crippen LogP contribution in [0.25, 0.3) is 0 Å². The molecular formula is C10H15BrN2O2S. The summed E-state index contributed by atoms with van der Waals surface area (Å²) in [6.45, 7) is 4.06. The number of aromatic nitrogens is 1. The SMILES string of the molecule is CC(C)CS(=O)(=O)NCc1ccnc(Br)c1. The van der Waals surface area contributed by atoms with E-state index in [0.717, 1.165) is 5.56 Å². The summed E-state index contributed by atoms with van der Waals surface area (Å²) in [7, 11) is -3.18. The van der Waals surface area contributed by atoms with E-state index in [1.165, 1.54) is 0 Å². The summed E-state index contributed by atoms with van der Waals surface area (Å²) in [5.41, 5.74) is 0.884. The van der Waals surface area contributed by atoms with Crippen LogP contribution in [0.4, 0.5) is 0 Å². The van der Waals surface area contributed by atoms with Crippen molar-refractivity contribution < 1.29 is 8.42 Å². The highest BCUT2D eigenvalue weighted by Gasteiger charge is 2.12. The quantitative estimate of drug-likeness (QED) is 0.846. The van der Waals surface area contributed by atoms with Crippen LogP contribution in [0.2, 0.25) is 0 Å². The van der Waals surface area contributed by atoms with Crippen LogP contribution in [0.5, 0.6) is 0 Å². The maximum absolute atomic E-state index is 11.6. The van der Waals surface area contributed by atoms with Crippen LogP contribution >= 0.6 is 15.9 Å². The zero-order valence-electron chi connectivity index (χ0n) is 9.27. The number of rotatable bonds is 5. The summed E-state index contributed by atoms with van der Waals surface area (Å²) < 4.78 is 26.4. The van der Waals surface area contributed by atoms with Crippen molar-refractivity contribution >= 4 is 26.0 Å². The van der Waals surface area contributed by atoms with E-state index in [9.17, 15) is 8.42 Å². The van der Waals surface area contributed by atoms with E-state index in [2.05, 4.69) is 25.6 Å². The van der Waals surface area contributed by atoms with E-state index in [4.69, 9.17) is 0 Å². The predicted molar refractivity (Wildman–Crippen MR) is 67.4 cm³/mol. The Morgan fingerprint density at radius 2 is 2.19 bits per heavy atom. The topological polar surface area (TPSA) is 59.1 Å². The summed E-state index contributed by atoms with van der Waals surface area (Å²) in [5, 5.41) is 0. The zero-order valence-corrected chi connectivity index (χ0v) is 11.7. The van der Waals surface area contributed by atoms with Gasteiger partial charge in [-0.25, -0.2) is 18.1 Å². The standard InChI is InChI=1S/C10H15BrN2O2S/c1-8(2)7-16(14,15)13-6-9-3-4-12-10(11)5-9/h3-5,8,13H,6-7H2,1-2H3. The normalized spacial score (nSPS) is 12.0. The molecule has 1 aromatic rings. The van der Waals surface area contributed by atoms with E-state index in [1.54, 1.807) is 18.3 Å². The Morgan fingerprint density at radius 1 is 1.50 bits per heavy atom. The van der Waals surface area contributed by atoms with Gasteiger partial charge in [0.2, 0.25) is 10.0 Å². The van der Waals surface area contributed by atoms with Gasteiger partial charge in [-0.1, -0.05) is 13.8 Å². The molecule has 0 unspecified atom stereocenters. The Hall–Kier alpha value is -0.460. The summed E-state index contributed by atoms with van der Waals surface area (Å²) >= 11 is 3.23. The number of hydrogen-bond donors (Lipinski definition) is 1. The van der Waals surface area contributed by atoms with Gasteiger partial charge in [-0.3, -0.25) is 0 Å². The van der Waals surface area contributed by atoms with Gasteiger partial charge >= 0.3 is 0 Å². The predicted octanol–water partition coefficient (Wildman–Crippen LogP) is 1.92. The van der Waals surface area contributed by atoms with Gasteiger partial charge in [0.15, 0.2) is 0 Å². The van der Waals surface area contributed by atoms with Crippen molar-refractivity contribution in [1.82, 2.24) is 9.71 Å². The molecule has 0 radical (unpaired) electrons. The Morgan fingerprint density at radius 3 is 2.75 bits per heavy atom. The molecule has 1 N–H and O–H groups in total. The second kappa shape index (κ2) is 5.75. The van der Waals surface area contributed by atoms with Crippen LogP contribution in [0.3, 0.4) is 0 Å². The number of hydrogen-bond acceptors (Lipinski definition) is 3. The zero-order chi connectivity index (χ0) is 12.2. The maximum Gasteiger partial charge on any atom is 0.212 e. The minimum atomic E-state index is -3.18. The molecule has 0 aliphatic carbocycles. The van der Waals surface area contributed by atoms with Gasteiger partial charge in [0.1, 0.15) is 4.60 Å². The number of pyridine rings is 1. The second-order valence-electron chi connectivity index (χ2n) is 3.98. The molecule has 0 atom stereocenters. The van der Waals surface area contributed by atoms with Crippen LogP contribution in [-0.2, 0) is 16.6 Å². The molecule has 4 nitrogen and oxygen atoms in total. The van der Waals surface area contributed by atoms with E-state index in [1.807, 2.05) is 13.8 Å². The number of nitrogens with zero attached hydrogens (tertiary/aromatic N) is 1. The molecule has 0 amide bonds. The minimum Gasteiger partial charge on any atom is -0.249 e. The summed E-state index contributed by atoms with van der Waals surface area (Å²) in [5.74, 6) is 0.279. The van der Waals surface area contributed by atoms with Gasteiger partial charge in [0.05, 0.1) is 5.75 Å². The maximum atomic E-state index is 11.6. The lowest BCUT2D eigenvalue weighted by atomic mass is 10.3. The fourth-order valence-corrected chi connectivity index (χ4v) is 3.04. The van der Waals surface area contributed by atoms with Gasteiger partial charge in [-0.2, -0.15) is 0 Å². The van der Waals surface area contributed by atoms with Gasteiger partial charge in [0, 0.05) is 12.7 Å². The van der Waals surface area contributed by atoms with Gasteiger partial charge in [-0.15, -0.1) is 0 Å². The van der Waals surface area contributed by atoms with Gasteiger partial charge < -0.3 is 0 Å². The van der Waals surface area contributed by atoms with E-state index in [0.29, 0.717) is 11.1 Å². The van der Waals surface area contributed by atoms with Gasteiger partial charge in [-0.05, 0) is 39.5 Å². The fourth-order valence-electron chi connectivity index (χ4n) is 1.24. The van der Waals surface area contributed by atoms with Crippen LogP contribution in [0, 0.1) is 5.92 Å². The fraction of sp³-hybridized carbons (Fsp3) is 0.500. The lowest BCUT2D eigenvalue weighted by molar-refractivity contribution is 0.568. The first-order valence-corrected chi connectivity index (χ1v) is 7.41. The third-order valence-electron chi connectivity index (χ3n) is 1.84. The Labute approximate surface area is 105 Å². The lowest BCUT2D eigenvalue weighted by Gasteiger charge is -2.08. The number of halogens is 1. The monoisotopic (exact) mass is 306 g/mol. The van der Waals surface area contributed by atoms with Crippen molar-refractivity contribution in [2.45, 2.75) is 20.4 Å². The van der Waals surface area contributed by atoms with Gasteiger partial charge in [0.25, 0.3) is 0 Å². The third-order valence-corrected chi connectivity index (χ3v) is 3.96. The molecule has 1 heterocycles. The number of nitrogens with one attached hydrogen (secondary N) is 1. The Balaban J connectivity index is 2.58. The first-order chi connectivity index (χ1) is 7.39. The van der Waals surface area contributed by atoms with Crippen molar-refractivity contribution in [3.8, 4) is 0 Å². The third kappa shape index (κ3) is 5.05. The average Bonchev–Trinajstić information content (AvgIpc) is 2.13. The molecule has 0 aliphatic rings. The van der Waals surface area contributed by atoms with E-state index < -0.39 is 10.0 Å². The van der Waals surface area contributed by atoms with Crippen molar-refractivity contribution in [2.24, 2.45) is 5.92 Å². The van der Waals surface area contributed by atoms with Crippen LogP contribution in [0.15, 0.2) is 22.9 Å². The second-order valence-corrected chi connectivity index (χ2v) is 6.65. The largest absolute Gasteiger partial charge is 0.249 e. The summed E-state index contributed by atoms with van der Waals surface area (Å²) in [4.78, 5) is 3.97. The molecule has 0 fully saturated rings. The lowest BCUT2D eigenvalue weighted by Crippen LogP contribution is -2.28. The molecule has 0 aromatic carbocycles. The first kappa shape index (κ1) is 13.6. The van der Waals surface area contributed by atoms with Crippen molar-refractivity contribution in [1.29, 1.82) is 0 Å². The highest BCUT2D eigenvalue weighted by molar-refractivity contribution is 9.10. The van der Waals surface area contributed by atoms with Crippen LogP contribution in [-0.4, -0.2) is 19.2 Å². The Bertz CT molecular complexity index is 446. The molecule has 0 saturated carbocycles. The number of sulfonamides is 1. The highest BCUT2D eigenvalue weighted by Crippen LogP contribution is 2.08. The molecular weight excluding hydrogens is 292 g/mol. The molecule has 1 aromatic heterocycles. The van der Waals surface area contributed by atoms with Crippen molar-refractivity contribution in [2.75, 3.05) is 5.75 Å². The average molecular weight is 307 g/mol. The van der Waals surface area contributed by atoms with Crippen LogP contribution in [0.1, 0.15) is 19.4 Å².